The van der Waals surface area contributed by atoms with Crippen LogP contribution < -0.4 is 5.73 Å². The maximum atomic E-state index is 12.4. The highest BCUT2D eigenvalue weighted by Gasteiger charge is 2.22. The highest BCUT2D eigenvalue weighted by atomic mass is 16.2. The molecule has 0 atom stereocenters. The Hall–Kier alpha value is -2.88. The number of nitrogens with zero attached hydrogens (tertiary/aromatic N) is 1. The van der Waals surface area contributed by atoms with Crippen LogP contribution in [0.3, 0.4) is 0 Å². The Bertz CT molecular complexity index is 791. The Kier molecular flexibility index (Phi) is 5.84. The highest BCUT2D eigenvalue weighted by molar-refractivity contribution is 5.92. The fourth-order valence-electron chi connectivity index (χ4n) is 3.37. The second-order valence-corrected chi connectivity index (χ2v) is 6.76. The number of rotatable bonds is 5. The molecule has 0 saturated carbocycles. The molecule has 4 nitrogen and oxygen atoms in total. The first-order valence-electron chi connectivity index (χ1n) is 9.02. The summed E-state index contributed by atoms with van der Waals surface area (Å²) >= 11 is 0. The molecular formula is C22H24N2O2. The minimum Gasteiger partial charge on any atom is -0.370 e. The second-order valence-electron chi connectivity index (χ2n) is 6.76. The number of carbonyl (C=O) groups is 2. The number of likely N-dealkylation sites (tertiary alicyclic amines) is 1. The van der Waals surface area contributed by atoms with Crippen molar-refractivity contribution < 1.29 is 9.59 Å². The molecule has 2 aromatic rings. The molecule has 2 amide bonds. The third-order valence-corrected chi connectivity index (χ3v) is 4.83. The molecule has 0 radical (unpaired) electrons. The van der Waals surface area contributed by atoms with E-state index in [9.17, 15) is 9.59 Å². The third-order valence-electron chi connectivity index (χ3n) is 4.83. The molecule has 1 saturated heterocycles. The molecule has 0 unspecified atom stereocenters. The van der Waals surface area contributed by atoms with Crippen LogP contribution in [0, 0.1) is 5.92 Å². The summed E-state index contributed by atoms with van der Waals surface area (Å²) in [7, 11) is 0. The van der Waals surface area contributed by atoms with E-state index in [1.165, 1.54) is 0 Å². The van der Waals surface area contributed by atoms with Crippen molar-refractivity contribution in [3.8, 4) is 11.1 Å². The molecule has 2 N–H and O–H groups in total. The molecular weight excluding hydrogens is 324 g/mol. The number of piperidine rings is 1. The molecule has 2 aromatic carbocycles. The molecule has 1 heterocycles. The predicted octanol–water partition coefficient (Wildman–Crippen LogP) is 3.48. The van der Waals surface area contributed by atoms with Crippen molar-refractivity contribution in [3.63, 3.8) is 0 Å². The fraction of sp³-hybridized carbons (Fsp3) is 0.273. The first kappa shape index (κ1) is 17.9. The molecule has 3 rings (SSSR count). The maximum absolute atomic E-state index is 12.4. The van der Waals surface area contributed by atoms with Crippen LogP contribution in [0.4, 0.5) is 0 Å². The van der Waals surface area contributed by atoms with Gasteiger partial charge in [-0.15, -0.1) is 0 Å². The van der Waals surface area contributed by atoms with Crippen molar-refractivity contribution in [1.29, 1.82) is 0 Å². The molecule has 1 aliphatic rings. The minimum atomic E-state index is -0.257. The van der Waals surface area contributed by atoms with Gasteiger partial charge in [-0.25, -0.2) is 0 Å². The number of hydrogen-bond acceptors (Lipinski definition) is 2. The number of benzene rings is 2. The van der Waals surface area contributed by atoms with E-state index in [0.717, 1.165) is 29.5 Å². The Labute approximate surface area is 154 Å². The Morgan fingerprint density at radius 2 is 1.69 bits per heavy atom. The smallest absolute Gasteiger partial charge is 0.246 e. The van der Waals surface area contributed by atoms with Gasteiger partial charge in [-0.05, 0) is 47.6 Å². The lowest BCUT2D eigenvalue weighted by molar-refractivity contribution is -0.127. The summed E-state index contributed by atoms with van der Waals surface area (Å²) in [5.74, 6) is 0.0729. The van der Waals surface area contributed by atoms with Gasteiger partial charge in [-0.3, -0.25) is 9.59 Å². The van der Waals surface area contributed by atoms with Crippen LogP contribution in [-0.2, 0) is 9.59 Å². The second kappa shape index (κ2) is 8.48. The van der Waals surface area contributed by atoms with Crippen LogP contribution >= 0.6 is 0 Å². The number of hydrogen-bond donors (Lipinski definition) is 1. The SMILES string of the molecule is NC(=O)CC1CCN(C(=O)C=Cc2cccc(-c3ccccc3)c2)CC1. The molecule has 0 aromatic heterocycles. The number of nitrogens with two attached hydrogens (primary N) is 1. The Morgan fingerprint density at radius 3 is 2.38 bits per heavy atom. The topological polar surface area (TPSA) is 63.4 Å². The van der Waals surface area contributed by atoms with Gasteiger partial charge in [0.1, 0.15) is 0 Å². The quantitative estimate of drug-likeness (QED) is 0.841. The van der Waals surface area contributed by atoms with Gasteiger partial charge in [0.05, 0.1) is 0 Å². The minimum absolute atomic E-state index is 0.0210. The number of amides is 2. The summed E-state index contributed by atoms with van der Waals surface area (Å²) in [5, 5.41) is 0. The van der Waals surface area contributed by atoms with Crippen LogP contribution in [0.1, 0.15) is 24.8 Å². The van der Waals surface area contributed by atoms with Crippen LogP contribution in [0.5, 0.6) is 0 Å². The summed E-state index contributed by atoms with van der Waals surface area (Å²) in [6.45, 7) is 1.37. The molecule has 0 aliphatic carbocycles. The van der Waals surface area contributed by atoms with Gasteiger partial charge < -0.3 is 10.6 Å². The van der Waals surface area contributed by atoms with E-state index < -0.39 is 0 Å². The normalized spacial score (nSPS) is 15.3. The van der Waals surface area contributed by atoms with Gasteiger partial charge in [-0.1, -0.05) is 48.5 Å². The van der Waals surface area contributed by atoms with Gasteiger partial charge in [0.15, 0.2) is 0 Å². The van der Waals surface area contributed by atoms with Crippen LogP contribution in [-0.4, -0.2) is 29.8 Å². The van der Waals surface area contributed by atoms with E-state index in [1.807, 2.05) is 41.3 Å². The van der Waals surface area contributed by atoms with Gasteiger partial charge in [0, 0.05) is 25.6 Å². The van der Waals surface area contributed by atoms with Gasteiger partial charge in [0.2, 0.25) is 11.8 Å². The van der Waals surface area contributed by atoms with Crippen molar-refractivity contribution in [2.75, 3.05) is 13.1 Å². The average molecular weight is 348 g/mol. The monoisotopic (exact) mass is 348 g/mol. The maximum Gasteiger partial charge on any atom is 0.246 e. The van der Waals surface area contributed by atoms with Gasteiger partial charge in [0.25, 0.3) is 0 Å². The Balaban J connectivity index is 1.60. The summed E-state index contributed by atoms with van der Waals surface area (Å²) in [6, 6.07) is 18.3. The Morgan fingerprint density at radius 1 is 1.00 bits per heavy atom. The lowest BCUT2D eigenvalue weighted by Crippen LogP contribution is -2.38. The van der Waals surface area contributed by atoms with Crippen molar-refractivity contribution in [2.45, 2.75) is 19.3 Å². The first-order chi connectivity index (χ1) is 12.6. The van der Waals surface area contributed by atoms with Crippen LogP contribution in [0.25, 0.3) is 17.2 Å². The fourth-order valence-corrected chi connectivity index (χ4v) is 3.37. The molecule has 1 aliphatic heterocycles. The highest BCUT2D eigenvalue weighted by Crippen LogP contribution is 2.22. The van der Waals surface area contributed by atoms with E-state index in [4.69, 9.17) is 5.73 Å². The van der Waals surface area contributed by atoms with E-state index in [-0.39, 0.29) is 11.8 Å². The lowest BCUT2D eigenvalue weighted by Gasteiger charge is -2.30. The van der Waals surface area contributed by atoms with Crippen molar-refractivity contribution in [3.05, 3.63) is 66.2 Å². The van der Waals surface area contributed by atoms with Crippen LogP contribution in [0.15, 0.2) is 60.7 Å². The molecule has 0 bridgehead atoms. The largest absolute Gasteiger partial charge is 0.370 e. The van der Waals surface area contributed by atoms with E-state index in [2.05, 4.69) is 24.3 Å². The lowest BCUT2D eigenvalue weighted by atomic mass is 9.93. The van der Waals surface area contributed by atoms with Crippen molar-refractivity contribution >= 4 is 17.9 Å². The molecule has 134 valence electrons. The van der Waals surface area contributed by atoms with Crippen LogP contribution in [0.2, 0.25) is 0 Å². The summed E-state index contributed by atoms with van der Waals surface area (Å²) in [5.41, 5.74) is 8.55. The van der Waals surface area contributed by atoms with Crippen molar-refractivity contribution in [2.24, 2.45) is 11.7 Å². The summed E-state index contributed by atoms with van der Waals surface area (Å²) < 4.78 is 0. The summed E-state index contributed by atoms with van der Waals surface area (Å²) in [6.07, 6.45) is 5.60. The average Bonchev–Trinajstić information content (AvgIpc) is 2.67. The molecule has 1 fully saturated rings. The number of carbonyl (C=O) groups excluding carboxylic acids is 2. The summed E-state index contributed by atoms with van der Waals surface area (Å²) in [4.78, 5) is 25.2. The standard InChI is InChI=1S/C22H24N2O2/c23-21(25)16-18-11-13-24(14-12-18)22(26)10-9-17-5-4-8-20(15-17)19-6-2-1-3-7-19/h1-10,15,18H,11-14,16H2,(H2,23,25). The third kappa shape index (κ3) is 4.82. The predicted molar refractivity (Wildman–Crippen MR) is 104 cm³/mol. The molecule has 4 heteroatoms. The molecule has 26 heavy (non-hydrogen) atoms. The van der Waals surface area contributed by atoms with E-state index in [1.54, 1.807) is 6.08 Å². The zero-order valence-electron chi connectivity index (χ0n) is 14.8. The zero-order chi connectivity index (χ0) is 18.4. The van der Waals surface area contributed by atoms with E-state index >= 15 is 0 Å². The molecule has 0 spiro atoms. The zero-order valence-corrected chi connectivity index (χ0v) is 14.8. The van der Waals surface area contributed by atoms with E-state index in [0.29, 0.717) is 25.4 Å². The van der Waals surface area contributed by atoms with Gasteiger partial charge in [-0.2, -0.15) is 0 Å². The first-order valence-corrected chi connectivity index (χ1v) is 9.02. The van der Waals surface area contributed by atoms with Gasteiger partial charge >= 0.3 is 0 Å². The number of primary amides is 1. The van der Waals surface area contributed by atoms with Crippen molar-refractivity contribution in [1.82, 2.24) is 4.90 Å².